The van der Waals surface area contributed by atoms with Gasteiger partial charge in [-0.3, -0.25) is 4.79 Å². The van der Waals surface area contributed by atoms with Gasteiger partial charge in [0.05, 0.1) is 0 Å². The highest BCUT2D eigenvalue weighted by Gasteiger charge is 2.21. The Balaban J connectivity index is 2.55. The number of rotatable bonds is 1. The van der Waals surface area contributed by atoms with E-state index in [1.165, 1.54) is 6.08 Å². The predicted molar refractivity (Wildman–Crippen MR) is 41.7 cm³/mol. The molecule has 1 aliphatic carbocycles. The molecule has 2 heteroatoms. The minimum Gasteiger partial charge on any atom is -0.380 e. The summed E-state index contributed by atoms with van der Waals surface area (Å²) in [7, 11) is 0. The van der Waals surface area contributed by atoms with Crippen molar-refractivity contribution in [3.63, 3.8) is 0 Å². The van der Waals surface area contributed by atoms with Crippen molar-refractivity contribution in [1.29, 1.82) is 0 Å². The molecule has 0 spiro atoms. The fraction of sp³-hybridized carbons (Fsp3) is 0.444. The van der Waals surface area contributed by atoms with Crippen molar-refractivity contribution < 1.29 is 9.90 Å². The van der Waals surface area contributed by atoms with Gasteiger partial charge in [0.25, 0.3) is 0 Å². The van der Waals surface area contributed by atoms with Gasteiger partial charge in [0, 0.05) is 12.3 Å². The standard InChI is InChI=1S/C9H10O2/c1-2-3-9(11)7-4-5-8(10)6-7/h4-5,7,9,11H,6H2,1H3. The van der Waals surface area contributed by atoms with Crippen LogP contribution in [0.4, 0.5) is 0 Å². The lowest BCUT2D eigenvalue weighted by molar-refractivity contribution is -0.114. The summed E-state index contributed by atoms with van der Waals surface area (Å²) in [6, 6.07) is 0. The van der Waals surface area contributed by atoms with Crippen molar-refractivity contribution in [2.75, 3.05) is 0 Å². The van der Waals surface area contributed by atoms with Crippen LogP contribution < -0.4 is 0 Å². The fourth-order valence-electron chi connectivity index (χ4n) is 1.07. The average molecular weight is 150 g/mol. The zero-order valence-electron chi connectivity index (χ0n) is 6.37. The van der Waals surface area contributed by atoms with Gasteiger partial charge in [0.2, 0.25) is 0 Å². The summed E-state index contributed by atoms with van der Waals surface area (Å²) in [5.74, 6) is 5.21. The lowest BCUT2D eigenvalue weighted by atomic mass is 10.0. The maximum atomic E-state index is 10.7. The molecule has 2 unspecified atom stereocenters. The molecule has 0 fully saturated rings. The number of carbonyl (C=O) groups is 1. The van der Waals surface area contributed by atoms with E-state index in [1.807, 2.05) is 0 Å². The lowest BCUT2D eigenvalue weighted by Crippen LogP contribution is -2.15. The van der Waals surface area contributed by atoms with Crippen molar-refractivity contribution in [3.05, 3.63) is 12.2 Å². The largest absolute Gasteiger partial charge is 0.380 e. The molecule has 0 aliphatic heterocycles. The fourth-order valence-corrected chi connectivity index (χ4v) is 1.07. The zero-order chi connectivity index (χ0) is 8.27. The summed E-state index contributed by atoms with van der Waals surface area (Å²) >= 11 is 0. The van der Waals surface area contributed by atoms with Crippen LogP contribution >= 0.6 is 0 Å². The van der Waals surface area contributed by atoms with E-state index < -0.39 is 6.10 Å². The highest BCUT2D eigenvalue weighted by Crippen LogP contribution is 2.17. The van der Waals surface area contributed by atoms with Crippen LogP contribution in [0.1, 0.15) is 13.3 Å². The molecular weight excluding hydrogens is 140 g/mol. The van der Waals surface area contributed by atoms with Gasteiger partial charge < -0.3 is 5.11 Å². The molecule has 0 heterocycles. The van der Waals surface area contributed by atoms with E-state index in [9.17, 15) is 9.90 Å². The van der Waals surface area contributed by atoms with Gasteiger partial charge in [-0.1, -0.05) is 12.0 Å². The van der Waals surface area contributed by atoms with Gasteiger partial charge in [-0.05, 0) is 13.0 Å². The minimum absolute atomic E-state index is 0.0759. The third-order valence-corrected chi connectivity index (χ3v) is 1.66. The topological polar surface area (TPSA) is 37.3 Å². The predicted octanol–water partition coefficient (Wildman–Crippen LogP) is 0.516. The molecule has 1 aliphatic rings. The quantitative estimate of drug-likeness (QED) is 0.553. The first-order valence-electron chi connectivity index (χ1n) is 3.55. The van der Waals surface area contributed by atoms with E-state index in [4.69, 9.17) is 0 Å². The molecular formula is C9H10O2. The highest BCUT2D eigenvalue weighted by molar-refractivity contribution is 5.92. The Kier molecular flexibility index (Phi) is 2.45. The monoisotopic (exact) mass is 150 g/mol. The summed E-state index contributed by atoms with van der Waals surface area (Å²) in [6.45, 7) is 1.67. The van der Waals surface area contributed by atoms with Crippen molar-refractivity contribution in [2.24, 2.45) is 5.92 Å². The second kappa shape index (κ2) is 3.36. The van der Waals surface area contributed by atoms with E-state index >= 15 is 0 Å². The molecule has 0 aromatic carbocycles. The third kappa shape index (κ3) is 1.92. The van der Waals surface area contributed by atoms with Gasteiger partial charge in [-0.25, -0.2) is 0 Å². The number of ketones is 1. The van der Waals surface area contributed by atoms with Crippen LogP contribution in [0.2, 0.25) is 0 Å². The molecule has 0 aromatic rings. The molecule has 1 N–H and O–H groups in total. The van der Waals surface area contributed by atoms with Crippen LogP contribution in [0.3, 0.4) is 0 Å². The molecule has 1 rings (SSSR count). The summed E-state index contributed by atoms with van der Waals surface area (Å²) in [4.78, 5) is 10.7. The molecule has 0 aromatic heterocycles. The first-order chi connectivity index (χ1) is 5.24. The SMILES string of the molecule is CC#CC(O)C1C=CC(=O)C1. The van der Waals surface area contributed by atoms with Crippen molar-refractivity contribution in [2.45, 2.75) is 19.4 Å². The molecule has 2 nitrogen and oxygen atoms in total. The van der Waals surface area contributed by atoms with Gasteiger partial charge >= 0.3 is 0 Å². The Bertz CT molecular complexity index is 242. The highest BCUT2D eigenvalue weighted by atomic mass is 16.3. The molecule has 58 valence electrons. The van der Waals surface area contributed by atoms with Crippen molar-refractivity contribution in [3.8, 4) is 11.8 Å². The molecule has 0 saturated heterocycles. The maximum absolute atomic E-state index is 10.7. The van der Waals surface area contributed by atoms with Crippen LogP contribution in [0.25, 0.3) is 0 Å². The lowest BCUT2D eigenvalue weighted by Gasteiger charge is -2.07. The summed E-state index contributed by atoms with van der Waals surface area (Å²) in [6.07, 6.45) is 2.95. The zero-order valence-corrected chi connectivity index (χ0v) is 6.37. The maximum Gasteiger partial charge on any atom is 0.156 e. The molecule has 2 atom stereocenters. The van der Waals surface area contributed by atoms with Gasteiger partial charge in [0.1, 0.15) is 6.10 Å². The summed E-state index contributed by atoms with van der Waals surface area (Å²) in [5.41, 5.74) is 0. The first kappa shape index (κ1) is 8.03. The van der Waals surface area contributed by atoms with Crippen molar-refractivity contribution in [1.82, 2.24) is 0 Å². The average Bonchev–Trinajstić information content (AvgIpc) is 2.36. The Labute approximate surface area is 65.9 Å². The Morgan fingerprint density at radius 1 is 1.82 bits per heavy atom. The van der Waals surface area contributed by atoms with E-state index in [0.717, 1.165) is 0 Å². The number of carbonyl (C=O) groups excluding carboxylic acids is 1. The smallest absolute Gasteiger partial charge is 0.156 e. The first-order valence-corrected chi connectivity index (χ1v) is 3.55. The number of aliphatic hydroxyl groups is 1. The van der Waals surface area contributed by atoms with Gasteiger partial charge in [-0.2, -0.15) is 0 Å². The molecule has 0 saturated carbocycles. The van der Waals surface area contributed by atoms with Crippen LogP contribution in [-0.4, -0.2) is 17.0 Å². The summed E-state index contributed by atoms with van der Waals surface area (Å²) in [5, 5.41) is 9.29. The van der Waals surface area contributed by atoms with Crippen LogP contribution in [0, 0.1) is 17.8 Å². The number of hydrogen-bond acceptors (Lipinski definition) is 2. The summed E-state index contributed by atoms with van der Waals surface area (Å²) < 4.78 is 0. The number of hydrogen-bond donors (Lipinski definition) is 1. The van der Waals surface area contributed by atoms with Crippen LogP contribution in [0.15, 0.2) is 12.2 Å². The Morgan fingerprint density at radius 2 is 2.55 bits per heavy atom. The molecule has 0 radical (unpaired) electrons. The Hall–Kier alpha value is -1.07. The van der Waals surface area contributed by atoms with Crippen molar-refractivity contribution >= 4 is 5.78 Å². The van der Waals surface area contributed by atoms with Crippen LogP contribution in [0.5, 0.6) is 0 Å². The second-order valence-electron chi connectivity index (χ2n) is 2.53. The third-order valence-electron chi connectivity index (χ3n) is 1.66. The van der Waals surface area contributed by atoms with E-state index in [0.29, 0.717) is 6.42 Å². The normalized spacial score (nSPS) is 24.5. The molecule has 0 bridgehead atoms. The number of aliphatic hydroxyl groups excluding tert-OH is 1. The van der Waals surface area contributed by atoms with E-state index in [2.05, 4.69) is 11.8 Å². The van der Waals surface area contributed by atoms with Gasteiger partial charge in [-0.15, -0.1) is 5.92 Å². The second-order valence-corrected chi connectivity index (χ2v) is 2.53. The van der Waals surface area contributed by atoms with E-state index in [1.54, 1.807) is 13.0 Å². The minimum atomic E-state index is -0.678. The number of allylic oxidation sites excluding steroid dienone is 1. The Morgan fingerprint density at radius 3 is 3.00 bits per heavy atom. The molecule has 0 amide bonds. The molecule has 11 heavy (non-hydrogen) atoms. The van der Waals surface area contributed by atoms with Crippen LogP contribution in [-0.2, 0) is 4.79 Å². The van der Waals surface area contributed by atoms with E-state index in [-0.39, 0.29) is 11.7 Å². The van der Waals surface area contributed by atoms with Gasteiger partial charge in [0.15, 0.2) is 5.78 Å².